The average Bonchev–Trinajstić information content (AvgIpc) is 3.62. The number of imidazole rings is 1. The number of H-pyrrole nitrogens is 1. The fourth-order valence-electron chi connectivity index (χ4n) is 4.26. The second kappa shape index (κ2) is 9.80. The molecule has 0 bridgehead atoms. The molecule has 1 fully saturated rings. The zero-order valence-electron chi connectivity index (χ0n) is 20.4. The summed E-state index contributed by atoms with van der Waals surface area (Å²) < 4.78 is 2.97. The second-order valence-electron chi connectivity index (χ2n) is 9.14. The summed E-state index contributed by atoms with van der Waals surface area (Å²) in [5, 5.41) is 6.10. The highest BCUT2D eigenvalue weighted by Crippen LogP contribution is 2.35. The molecule has 5 rings (SSSR count). The van der Waals surface area contributed by atoms with Crippen molar-refractivity contribution < 1.29 is 4.79 Å². The van der Waals surface area contributed by atoms with Crippen LogP contribution in [0.2, 0.25) is 0 Å². The van der Waals surface area contributed by atoms with Gasteiger partial charge in [-0.2, -0.15) is 0 Å². The molecule has 3 heterocycles. The molecule has 0 atom stereocenters. The first-order valence-electron chi connectivity index (χ1n) is 12.2. The van der Waals surface area contributed by atoms with E-state index in [1.807, 2.05) is 43.3 Å². The molecule has 1 aliphatic rings. The van der Waals surface area contributed by atoms with Crippen molar-refractivity contribution in [1.29, 1.82) is 0 Å². The van der Waals surface area contributed by atoms with E-state index in [0.717, 1.165) is 29.5 Å². The fraction of sp³-hybridized carbons (Fsp3) is 0.346. The van der Waals surface area contributed by atoms with Crippen LogP contribution in [0, 0.1) is 0 Å². The maximum atomic E-state index is 13.0. The molecular formula is C26H29N7O3. The van der Waals surface area contributed by atoms with Crippen molar-refractivity contribution in [3.63, 3.8) is 0 Å². The lowest BCUT2D eigenvalue weighted by Gasteiger charge is -2.09. The molecule has 36 heavy (non-hydrogen) atoms. The summed E-state index contributed by atoms with van der Waals surface area (Å²) in [7, 11) is 0. The summed E-state index contributed by atoms with van der Waals surface area (Å²) in [5.41, 5.74) is 2.98. The SMILES string of the molecule is CCCn1c(=O)c2[nH]c(-c3ccc(NCc4cccc(CNC(C)=O)c4)nc3)nc2n(C2CC2)c1=O. The Bertz CT molecular complexity index is 1530. The molecule has 1 aliphatic carbocycles. The number of rotatable bonds is 9. The first-order valence-corrected chi connectivity index (χ1v) is 12.2. The van der Waals surface area contributed by atoms with Crippen molar-refractivity contribution in [2.24, 2.45) is 0 Å². The monoisotopic (exact) mass is 487 g/mol. The minimum Gasteiger partial charge on any atom is -0.366 e. The summed E-state index contributed by atoms with van der Waals surface area (Å²) >= 11 is 0. The number of pyridine rings is 1. The highest BCUT2D eigenvalue weighted by Gasteiger charge is 2.30. The van der Waals surface area contributed by atoms with E-state index in [1.165, 1.54) is 11.5 Å². The van der Waals surface area contributed by atoms with Gasteiger partial charge in [0, 0.05) is 44.4 Å². The number of benzene rings is 1. The van der Waals surface area contributed by atoms with Crippen LogP contribution in [0.3, 0.4) is 0 Å². The molecule has 3 N–H and O–H groups in total. The molecule has 10 heteroatoms. The van der Waals surface area contributed by atoms with Crippen LogP contribution in [0.15, 0.2) is 52.2 Å². The van der Waals surface area contributed by atoms with Gasteiger partial charge in [0.1, 0.15) is 17.2 Å². The first kappa shape index (κ1) is 23.5. The van der Waals surface area contributed by atoms with E-state index in [-0.39, 0.29) is 23.2 Å². The van der Waals surface area contributed by atoms with Crippen molar-refractivity contribution in [2.45, 2.75) is 58.8 Å². The van der Waals surface area contributed by atoms with Gasteiger partial charge >= 0.3 is 5.69 Å². The summed E-state index contributed by atoms with van der Waals surface area (Å²) in [6, 6.07) is 11.8. The van der Waals surface area contributed by atoms with Crippen molar-refractivity contribution in [2.75, 3.05) is 5.32 Å². The molecule has 1 amide bonds. The van der Waals surface area contributed by atoms with Crippen LogP contribution in [-0.2, 0) is 24.4 Å². The summed E-state index contributed by atoms with van der Waals surface area (Å²) in [6.07, 6.45) is 4.22. The van der Waals surface area contributed by atoms with Crippen molar-refractivity contribution in [3.8, 4) is 11.4 Å². The van der Waals surface area contributed by atoms with E-state index >= 15 is 0 Å². The van der Waals surface area contributed by atoms with Crippen LogP contribution in [0.1, 0.15) is 50.3 Å². The van der Waals surface area contributed by atoms with Gasteiger partial charge in [0.25, 0.3) is 5.56 Å². The minimum absolute atomic E-state index is 0.0604. The summed E-state index contributed by atoms with van der Waals surface area (Å²) in [5.74, 6) is 1.15. The lowest BCUT2D eigenvalue weighted by Crippen LogP contribution is -2.39. The Labute approximate surface area is 207 Å². The van der Waals surface area contributed by atoms with Gasteiger partial charge in [-0.3, -0.25) is 18.7 Å². The van der Waals surface area contributed by atoms with E-state index in [4.69, 9.17) is 0 Å². The van der Waals surface area contributed by atoms with Crippen LogP contribution in [-0.4, -0.2) is 30.0 Å². The molecule has 3 aromatic heterocycles. The minimum atomic E-state index is -0.334. The van der Waals surface area contributed by atoms with Crippen LogP contribution in [0.5, 0.6) is 0 Å². The van der Waals surface area contributed by atoms with Gasteiger partial charge in [0.2, 0.25) is 5.91 Å². The normalized spacial score (nSPS) is 13.2. The lowest BCUT2D eigenvalue weighted by molar-refractivity contribution is -0.119. The molecule has 4 aromatic rings. The Kier molecular flexibility index (Phi) is 6.41. The third-order valence-corrected chi connectivity index (χ3v) is 6.21. The standard InChI is InChI=1S/C26H29N7O3/c1-3-11-32-25(35)22-24(33(26(32)36)20-8-9-20)31-23(30-22)19-7-10-21(29-15-19)28-14-18-6-4-5-17(12-18)13-27-16(2)34/h4-7,10,12,15,20H,3,8-9,11,13-14H2,1-2H3,(H,27,34)(H,28,29)(H,30,31). The van der Waals surface area contributed by atoms with Crippen molar-refractivity contribution in [3.05, 3.63) is 74.6 Å². The maximum Gasteiger partial charge on any atom is 0.332 e. The lowest BCUT2D eigenvalue weighted by atomic mass is 10.1. The molecule has 186 valence electrons. The molecule has 0 saturated heterocycles. The van der Waals surface area contributed by atoms with E-state index in [2.05, 4.69) is 25.6 Å². The van der Waals surface area contributed by atoms with Crippen LogP contribution in [0.4, 0.5) is 5.82 Å². The molecule has 1 saturated carbocycles. The Hall–Kier alpha value is -4.21. The Morgan fingerprint density at radius 1 is 1.14 bits per heavy atom. The molecule has 0 radical (unpaired) electrons. The quantitative estimate of drug-likeness (QED) is 0.333. The number of aromatic nitrogens is 5. The van der Waals surface area contributed by atoms with E-state index in [0.29, 0.717) is 48.9 Å². The number of nitrogens with one attached hydrogen (secondary N) is 3. The summed E-state index contributed by atoms with van der Waals surface area (Å²) in [4.78, 5) is 49.4. The van der Waals surface area contributed by atoms with Gasteiger partial charge in [0.15, 0.2) is 5.65 Å². The third-order valence-electron chi connectivity index (χ3n) is 6.21. The van der Waals surface area contributed by atoms with Crippen LogP contribution in [0.25, 0.3) is 22.6 Å². The predicted molar refractivity (Wildman–Crippen MR) is 138 cm³/mol. The van der Waals surface area contributed by atoms with Crippen LogP contribution < -0.4 is 21.9 Å². The Balaban J connectivity index is 1.36. The number of hydrogen-bond acceptors (Lipinski definition) is 6. The number of nitrogens with zero attached hydrogens (tertiary/aromatic N) is 4. The van der Waals surface area contributed by atoms with Gasteiger partial charge in [-0.15, -0.1) is 0 Å². The topological polar surface area (TPSA) is 127 Å². The number of amides is 1. The van der Waals surface area contributed by atoms with Gasteiger partial charge in [-0.1, -0.05) is 31.2 Å². The number of aromatic amines is 1. The van der Waals surface area contributed by atoms with Gasteiger partial charge in [0.05, 0.1) is 0 Å². The first-order chi connectivity index (χ1) is 17.4. The van der Waals surface area contributed by atoms with Gasteiger partial charge in [-0.05, 0) is 42.5 Å². The molecule has 1 aromatic carbocycles. The molecule has 0 aliphatic heterocycles. The second-order valence-corrected chi connectivity index (χ2v) is 9.14. The number of hydrogen-bond donors (Lipinski definition) is 3. The molecular weight excluding hydrogens is 458 g/mol. The maximum absolute atomic E-state index is 13.0. The predicted octanol–water partition coefficient (Wildman–Crippen LogP) is 2.94. The van der Waals surface area contributed by atoms with Crippen LogP contribution >= 0.6 is 0 Å². The number of fused-ring (bicyclic) bond motifs is 1. The summed E-state index contributed by atoms with van der Waals surface area (Å²) in [6.45, 7) is 4.90. The number of anilines is 1. The Morgan fingerprint density at radius 2 is 1.92 bits per heavy atom. The van der Waals surface area contributed by atoms with Crippen molar-refractivity contribution in [1.82, 2.24) is 29.4 Å². The van der Waals surface area contributed by atoms with Gasteiger partial charge < -0.3 is 15.6 Å². The van der Waals surface area contributed by atoms with E-state index < -0.39 is 0 Å². The molecule has 10 nitrogen and oxygen atoms in total. The van der Waals surface area contributed by atoms with Crippen molar-refractivity contribution >= 4 is 22.9 Å². The highest BCUT2D eigenvalue weighted by atomic mass is 16.2. The smallest absolute Gasteiger partial charge is 0.332 e. The average molecular weight is 488 g/mol. The zero-order chi connectivity index (χ0) is 25.2. The third kappa shape index (κ3) is 4.79. The molecule has 0 spiro atoms. The number of carbonyl (C=O) groups is 1. The van der Waals surface area contributed by atoms with Gasteiger partial charge in [-0.25, -0.2) is 14.8 Å². The zero-order valence-corrected chi connectivity index (χ0v) is 20.4. The van der Waals surface area contributed by atoms with E-state index in [1.54, 1.807) is 10.8 Å². The highest BCUT2D eigenvalue weighted by molar-refractivity contribution is 5.76. The largest absolute Gasteiger partial charge is 0.366 e. The van der Waals surface area contributed by atoms with E-state index in [9.17, 15) is 14.4 Å². The molecule has 0 unspecified atom stereocenters. The Morgan fingerprint density at radius 3 is 2.58 bits per heavy atom. The number of carbonyl (C=O) groups excluding carboxylic acids is 1. The fourth-order valence-corrected chi connectivity index (χ4v) is 4.26.